The van der Waals surface area contributed by atoms with Crippen molar-refractivity contribution in [2.24, 2.45) is 0 Å². The van der Waals surface area contributed by atoms with Crippen LogP contribution in [0.25, 0.3) is 68.8 Å². The van der Waals surface area contributed by atoms with Crippen molar-refractivity contribution in [2.75, 3.05) is 9.80 Å². The van der Waals surface area contributed by atoms with Crippen LogP contribution in [0.1, 0.15) is 336 Å². The van der Waals surface area contributed by atoms with Gasteiger partial charge >= 0.3 is 0 Å². The summed E-state index contributed by atoms with van der Waals surface area (Å²) in [4.78, 5) is 4.71. The van der Waals surface area contributed by atoms with Gasteiger partial charge in [-0.3, -0.25) is 0 Å². The molecule has 0 atom stereocenters. The van der Waals surface area contributed by atoms with E-state index in [1.54, 1.807) is 22.3 Å². The van der Waals surface area contributed by atoms with Crippen LogP contribution >= 0.6 is 0 Å². The van der Waals surface area contributed by atoms with Gasteiger partial charge in [0.15, 0.2) is 0 Å². The lowest BCUT2D eigenvalue weighted by Gasteiger charge is -2.33. The second-order valence-corrected chi connectivity index (χ2v) is 39.0. The summed E-state index contributed by atoms with van der Waals surface area (Å²) in [6.45, 7) is 26.9. The van der Waals surface area contributed by atoms with Crippen LogP contribution in [0.4, 0.5) is 34.1 Å². The number of nitrogens with zero attached hydrogens (tertiary/aromatic N) is 2. The minimum absolute atomic E-state index is 0.0135. The Kier molecular flexibility index (Phi) is 37.8. The van der Waals surface area contributed by atoms with Gasteiger partial charge in [0.1, 0.15) is 0 Å². The maximum absolute atomic E-state index is 2.59. The van der Waals surface area contributed by atoms with E-state index in [0.29, 0.717) is 0 Å². The Bertz CT molecular complexity index is 5320. The number of benzene rings is 13. The summed E-state index contributed by atoms with van der Waals surface area (Å²) in [5, 5.41) is 0. The van der Waals surface area contributed by atoms with Crippen LogP contribution in [0.3, 0.4) is 0 Å². The van der Waals surface area contributed by atoms with Crippen molar-refractivity contribution >= 4 is 58.4 Å². The molecule has 2 nitrogen and oxygen atoms in total. The van der Waals surface area contributed by atoms with Crippen molar-refractivity contribution in [1.29, 1.82) is 0 Å². The molecule has 0 N–H and O–H groups in total. The summed E-state index contributed by atoms with van der Waals surface area (Å²) in [7, 11) is 0. The predicted molar refractivity (Wildman–Crippen MR) is 580 cm³/mol. The Balaban J connectivity index is 0.000000178. The second kappa shape index (κ2) is 50.7. The first-order valence-electron chi connectivity index (χ1n) is 51.9. The van der Waals surface area contributed by atoms with Crippen molar-refractivity contribution in [3.05, 3.63) is 380 Å². The zero-order valence-electron chi connectivity index (χ0n) is 83.0. The lowest BCUT2D eigenvalue weighted by Crippen LogP contribution is -2.25. The van der Waals surface area contributed by atoms with Crippen LogP contribution in [0.5, 0.6) is 0 Å². The minimum atomic E-state index is 0.0135. The van der Waals surface area contributed by atoms with Crippen LogP contribution in [0.15, 0.2) is 291 Å². The van der Waals surface area contributed by atoms with E-state index >= 15 is 0 Å². The van der Waals surface area contributed by atoms with Gasteiger partial charge in [-0.25, -0.2) is 0 Å². The van der Waals surface area contributed by atoms with Gasteiger partial charge in [-0.15, -0.1) is 0 Å². The van der Waals surface area contributed by atoms with E-state index in [-0.39, 0.29) is 10.8 Å². The van der Waals surface area contributed by atoms with Gasteiger partial charge in [-0.1, -0.05) is 472 Å². The lowest BCUT2D eigenvalue weighted by atomic mass is 9.70. The van der Waals surface area contributed by atoms with Gasteiger partial charge in [-0.05, 0) is 278 Å². The van der Waals surface area contributed by atoms with Gasteiger partial charge < -0.3 is 9.80 Å². The monoisotopic (exact) mass is 1750 g/mol. The van der Waals surface area contributed by atoms with Gasteiger partial charge in [0, 0.05) is 45.0 Å². The average Bonchev–Trinajstić information content (AvgIpc) is 1.56. The van der Waals surface area contributed by atoms with Crippen molar-refractivity contribution in [1.82, 2.24) is 0 Å². The number of unbranched alkanes of at least 4 members (excludes halogenated alkanes) is 22. The smallest absolute Gasteiger partial charge is 0.0463 e. The highest BCUT2D eigenvalue weighted by Gasteiger charge is 2.44. The summed E-state index contributed by atoms with van der Waals surface area (Å²) in [6, 6.07) is 110. The summed E-state index contributed by atoms with van der Waals surface area (Å²) < 4.78 is 0. The van der Waals surface area contributed by atoms with E-state index in [2.05, 4.69) is 408 Å². The first-order valence-corrected chi connectivity index (χ1v) is 51.9. The Morgan fingerprint density at radius 2 is 0.394 bits per heavy atom. The van der Waals surface area contributed by atoms with E-state index < -0.39 is 0 Å². The number of hydrogen-bond acceptors (Lipinski definition) is 2. The lowest BCUT2D eigenvalue weighted by molar-refractivity contribution is 0.397. The van der Waals surface area contributed by atoms with E-state index in [0.717, 1.165) is 35.6 Å². The molecule has 2 heteroatoms. The maximum atomic E-state index is 2.59. The average molecular weight is 1750 g/mol. The predicted octanol–water partition coefficient (Wildman–Crippen LogP) is 39.7. The molecule has 0 saturated heterocycles. The third-order valence-corrected chi connectivity index (χ3v) is 28.4. The summed E-state index contributed by atoms with van der Waals surface area (Å²) in [5.74, 6) is 0. The second-order valence-electron chi connectivity index (χ2n) is 39.0. The van der Waals surface area contributed by atoms with Crippen molar-refractivity contribution in [3.8, 4) is 44.5 Å². The molecule has 0 fully saturated rings. The van der Waals surface area contributed by atoms with Crippen molar-refractivity contribution in [3.63, 3.8) is 0 Å². The van der Waals surface area contributed by atoms with Gasteiger partial charge in [-0.2, -0.15) is 0 Å². The van der Waals surface area contributed by atoms with Gasteiger partial charge in [0.2, 0.25) is 0 Å². The molecule has 0 aromatic heterocycles. The summed E-state index contributed by atoms with van der Waals surface area (Å²) in [5.41, 5.74) is 40.4. The van der Waals surface area contributed by atoms with Crippen LogP contribution in [-0.2, 0) is 23.7 Å². The molecular weight excluding hydrogens is 1590 g/mol. The zero-order chi connectivity index (χ0) is 92.3. The fraction of sp³-hybridized carbons (Fsp3) is 0.369. The summed E-state index contributed by atoms with van der Waals surface area (Å²) >= 11 is 0. The molecule has 0 saturated carbocycles. The first-order chi connectivity index (χ1) is 64.6. The van der Waals surface area contributed by atoms with Crippen molar-refractivity contribution < 1.29 is 0 Å². The standard InChI is InChI=1S/C59H66.C40H44N2.C31H46/c1-5-7-9-11-13-15-41-59(42-16-14-12-10-8-6-2)57-43-53(51-33-29-49(30-34-51)27-25-47-21-17-45(3)18-22-47)37-39-55(57)56-40-38-54(44-58(56)59)52-35-31-50(32-36-52)28-26-48-23-19-46(4)20-24-48;1-5-7-9-33-15-23-37(24-16-33)41(35-19-11-31(3)12-20-35)39-27-29-40(30-28-39)42(36-21-13-32(4)14-22-36)38-25-17-34(18-26-38)10-8-6-2;1-5-7-9-11-13-15-21-31(22-16-14-12-10-8-6-2)29-23-25(3)17-19-27(29)28-20-18-26(4)24-30(28)31/h17-40,43-44H,5-16,41-42H2,1-4H3;11-30H,5-10H2,1-4H3;17-20,23-24H,5-16,21-22H2,1-4H3. The molecule has 0 amide bonds. The highest BCUT2D eigenvalue weighted by molar-refractivity contribution is 5.88. The van der Waals surface area contributed by atoms with Crippen molar-refractivity contribution in [2.45, 2.75) is 312 Å². The van der Waals surface area contributed by atoms with Gasteiger partial charge in [0.25, 0.3) is 0 Å². The Hall–Kier alpha value is -11.1. The first kappa shape index (κ1) is 98.4. The minimum Gasteiger partial charge on any atom is -0.311 e. The van der Waals surface area contributed by atoms with Crippen LogP contribution in [0, 0.1) is 41.5 Å². The molecule has 2 aliphatic rings. The van der Waals surface area contributed by atoms with E-state index in [4.69, 9.17) is 0 Å². The van der Waals surface area contributed by atoms with E-state index in [1.165, 1.54) is 328 Å². The quantitative estimate of drug-likeness (QED) is 0.0277. The number of hydrogen-bond donors (Lipinski definition) is 0. The van der Waals surface area contributed by atoms with E-state index in [9.17, 15) is 0 Å². The van der Waals surface area contributed by atoms with Crippen LogP contribution in [0.2, 0.25) is 0 Å². The number of aryl methyl sites for hydroxylation is 8. The molecule has 0 heterocycles. The number of fused-ring (bicyclic) bond motifs is 6. The molecule has 0 radical (unpaired) electrons. The fourth-order valence-corrected chi connectivity index (χ4v) is 20.5. The molecule has 15 rings (SSSR count). The largest absolute Gasteiger partial charge is 0.311 e. The third kappa shape index (κ3) is 26.7. The zero-order valence-corrected chi connectivity index (χ0v) is 83.0. The molecule has 0 aliphatic heterocycles. The Morgan fingerprint density at radius 1 is 0.189 bits per heavy atom. The highest BCUT2D eigenvalue weighted by Crippen LogP contribution is 2.58. The Labute approximate surface area is 799 Å². The van der Waals surface area contributed by atoms with Crippen LogP contribution in [-0.4, -0.2) is 0 Å². The molecule has 0 bridgehead atoms. The third-order valence-electron chi connectivity index (χ3n) is 28.4. The molecular formula is C130H156N2. The molecule has 0 spiro atoms. The van der Waals surface area contributed by atoms with Crippen LogP contribution < -0.4 is 9.80 Å². The maximum Gasteiger partial charge on any atom is 0.0463 e. The summed E-state index contributed by atoms with van der Waals surface area (Å²) in [6.07, 6.45) is 53.6. The van der Waals surface area contributed by atoms with E-state index in [1.807, 2.05) is 0 Å². The molecule has 0 unspecified atom stereocenters. The number of anilines is 6. The molecule has 686 valence electrons. The SMILES string of the molecule is CCCCCCCCC1(CCCCCCCC)c2cc(-c3ccc(C=Cc4ccc(C)cc4)cc3)ccc2-c2ccc(-c3ccc(C=Cc4ccc(C)cc4)cc3)cc21.CCCCCCCCC1(CCCCCCCC)c2cc(C)ccc2-c2ccc(C)cc21.CCCCc1ccc(N(c2ccc(C)cc2)c2ccc(N(c3ccc(C)cc3)c3ccc(CCCC)cc3)cc2)cc1. The fourth-order valence-electron chi connectivity index (χ4n) is 20.5. The molecule has 13 aromatic rings. The Morgan fingerprint density at radius 3 is 0.667 bits per heavy atom. The topological polar surface area (TPSA) is 6.48 Å². The molecule has 2 aliphatic carbocycles. The van der Waals surface area contributed by atoms with Gasteiger partial charge in [0.05, 0.1) is 0 Å². The molecule has 132 heavy (non-hydrogen) atoms. The highest BCUT2D eigenvalue weighted by atomic mass is 15.2. The number of rotatable bonds is 46. The molecule has 13 aromatic carbocycles. The normalized spacial score (nSPS) is 12.6.